The number of rotatable bonds is 4. The SMILES string of the molecule is CC(C)c1c(-c2c[nH]c3ccc(-c4cnn(C5CCNC5)c4)cc23)nc2n(c1=O)CC(C)(C)N2. The summed E-state index contributed by atoms with van der Waals surface area (Å²) in [7, 11) is 0. The van der Waals surface area contributed by atoms with E-state index in [0.29, 0.717) is 18.5 Å². The van der Waals surface area contributed by atoms with Crippen LogP contribution in [0.2, 0.25) is 0 Å². The Kier molecular flexibility index (Phi) is 4.71. The lowest BCUT2D eigenvalue weighted by Gasteiger charge is -2.15. The molecule has 0 spiro atoms. The molecule has 1 unspecified atom stereocenters. The Labute approximate surface area is 198 Å². The van der Waals surface area contributed by atoms with Crippen molar-refractivity contribution in [2.45, 2.75) is 58.2 Å². The van der Waals surface area contributed by atoms with Crippen molar-refractivity contribution in [3.05, 3.63) is 52.7 Å². The first-order valence-electron chi connectivity index (χ1n) is 12.1. The van der Waals surface area contributed by atoms with Crippen molar-refractivity contribution < 1.29 is 0 Å². The Hall–Kier alpha value is -3.39. The van der Waals surface area contributed by atoms with Crippen molar-refractivity contribution in [3.63, 3.8) is 0 Å². The average molecular weight is 458 g/mol. The highest BCUT2D eigenvalue weighted by molar-refractivity contribution is 5.98. The van der Waals surface area contributed by atoms with E-state index < -0.39 is 0 Å². The van der Waals surface area contributed by atoms with Gasteiger partial charge < -0.3 is 15.6 Å². The lowest BCUT2D eigenvalue weighted by atomic mass is 9.97. The van der Waals surface area contributed by atoms with Gasteiger partial charge in [0.1, 0.15) is 0 Å². The highest BCUT2D eigenvalue weighted by atomic mass is 16.1. The van der Waals surface area contributed by atoms with Gasteiger partial charge in [-0.15, -0.1) is 0 Å². The van der Waals surface area contributed by atoms with Gasteiger partial charge in [0.15, 0.2) is 0 Å². The van der Waals surface area contributed by atoms with Crippen LogP contribution >= 0.6 is 0 Å². The van der Waals surface area contributed by atoms with Crippen LogP contribution in [-0.2, 0) is 6.54 Å². The third-order valence-corrected chi connectivity index (χ3v) is 7.07. The molecular weight excluding hydrogens is 426 g/mol. The van der Waals surface area contributed by atoms with Gasteiger partial charge in [-0.2, -0.15) is 5.10 Å². The number of anilines is 1. The van der Waals surface area contributed by atoms with Crippen LogP contribution in [-0.4, -0.2) is 42.9 Å². The number of H-pyrrole nitrogens is 1. The summed E-state index contributed by atoms with van der Waals surface area (Å²) in [6.07, 6.45) is 7.16. The number of nitrogens with zero attached hydrogens (tertiary/aromatic N) is 4. The van der Waals surface area contributed by atoms with Gasteiger partial charge in [0, 0.05) is 46.5 Å². The Morgan fingerprint density at radius 2 is 2.06 bits per heavy atom. The Balaban J connectivity index is 1.48. The molecule has 1 fully saturated rings. The topological polar surface area (TPSA) is 92.6 Å². The van der Waals surface area contributed by atoms with E-state index in [1.165, 1.54) is 0 Å². The molecular formula is C26H31N7O. The van der Waals surface area contributed by atoms with Crippen molar-refractivity contribution in [3.8, 4) is 22.4 Å². The maximum Gasteiger partial charge on any atom is 0.259 e. The minimum atomic E-state index is -0.200. The van der Waals surface area contributed by atoms with E-state index in [1.54, 1.807) is 4.57 Å². The van der Waals surface area contributed by atoms with Crippen LogP contribution in [0.25, 0.3) is 33.3 Å². The molecule has 0 radical (unpaired) electrons. The fourth-order valence-electron chi connectivity index (χ4n) is 5.32. The Morgan fingerprint density at radius 1 is 1.21 bits per heavy atom. The molecule has 1 atom stereocenters. The minimum absolute atomic E-state index is 0.0463. The fraction of sp³-hybridized carbons (Fsp3) is 0.423. The second-order valence-corrected chi connectivity index (χ2v) is 10.6. The van der Waals surface area contributed by atoms with Crippen LogP contribution in [0.15, 0.2) is 41.6 Å². The second-order valence-electron chi connectivity index (χ2n) is 10.6. The molecule has 2 aliphatic heterocycles. The molecule has 0 saturated carbocycles. The molecule has 4 aromatic rings. The van der Waals surface area contributed by atoms with Crippen molar-refractivity contribution in [2.75, 3.05) is 18.4 Å². The first-order chi connectivity index (χ1) is 16.3. The van der Waals surface area contributed by atoms with Gasteiger partial charge >= 0.3 is 0 Å². The van der Waals surface area contributed by atoms with Crippen LogP contribution in [0.1, 0.15) is 51.6 Å². The number of fused-ring (bicyclic) bond motifs is 2. The molecule has 2 aliphatic rings. The standard InChI is InChI=1S/C26H31N7O/c1-15(2)22-23(30-25-31-26(3,4)14-32(25)24(22)34)20-12-28-21-6-5-16(9-19(20)21)17-10-29-33(13-17)18-7-8-27-11-18/h5-6,9-10,12-13,15,18,27-28H,7-8,11,14H2,1-4H3,(H,30,31). The lowest BCUT2D eigenvalue weighted by Crippen LogP contribution is -2.30. The molecule has 0 amide bonds. The van der Waals surface area contributed by atoms with E-state index in [9.17, 15) is 4.79 Å². The largest absolute Gasteiger partial charge is 0.360 e. The summed E-state index contributed by atoms with van der Waals surface area (Å²) in [4.78, 5) is 21.9. The molecule has 3 aromatic heterocycles. The van der Waals surface area contributed by atoms with Gasteiger partial charge in [0.25, 0.3) is 5.56 Å². The molecule has 6 rings (SSSR count). The molecule has 5 heterocycles. The summed E-state index contributed by atoms with van der Waals surface area (Å²) in [6, 6.07) is 6.81. The van der Waals surface area contributed by atoms with Crippen molar-refractivity contribution >= 4 is 16.9 Å². The van der Waals surface area contributed by atoms with Crippen LogP contribution in [0.5, 0.6) is 0 Å². The molecule has 34 heavy (non-hydrogen) atoms. The normalized spacial score (nSPS) is 19.1. The van der Waals surface area contributed by atoms with Crippen molar-refractivity contribution in [2.24, 2.45) is 0 Å². The smallest absolute Gasteiger partial charge is 0.259 e. The monoisotopic (exact) mass is 457 g/mol. The van der Waals surface area contributed by atoms with Crippen molar-refractivity contribution in [1.29, 1.82) is 0 Å². The Morgan fingerprint density at radius 3 is 2.82 bits per heavy atom. The number of aromatic nitrogens is 5. The molecule has 1 saturated heterocycles. The highest BCUT2D eigenvalue weighted by Gasteiger charge is 2.32. The van der Waals surface area contributed by atoms with Gasteiger partial charge in [-0.1, -0.05) is 19.9 Å². The molecule has 8 heteroatoms. The second kappa shape index (κ2) is 7.56. The van der Waals surface area contributed by atoms with Gasteiger partial charge in [-0.25, -0.2) is 4.98 Å². The first kappa shape index (κ1) is 21.2. The molecule has 0 aliphatic carbocycles. The van der Waals surface area contributed by atoms with Crippen LogP contribution in [0, 0.1) is 0 Å². The summed E-state index contributed by atoms with van der Waals surface area (Å²) in [5.74, 6) is 0.703. The number of aromatic amines is 1. The molecule has 1 aromatic carbocycles. The maximum atomic E-state index is 13.5. The molecule has 8 nitrogen and oxygen atoms in total. The summed E-state index contributed by atoms with van der Waals surface area (Å²) >= 11 is 0. The summed E-state index contributed by atoms with van der Waals surface area (Å²) in [5, 5.41) is 12.5. The summed E-state index contributed by atoms with van der Waals surface area (Å²) in [5.41, 5.74) is 5.54. The van der Waals surface area contributed by atoms with Crippen molar-refractivity contribution in [1.82, 2.24) is 29.6 Å². The van der Waals surface area contributed by atoms with Crippen LogP contribution in [0.3, 0.4) is 0 Å². The highest BCUT2D eigenvalue weighted by Crippen LogP contribution is 2.36. The Bertz CT molecular complexity index is 1450. The van der Waals surface area contributed by atoms with Gasteiger partial charge in [-0.05, 0) is 50.4 Å². The summed E-state index contributed by atoms with van der Waals surface area (Å²) < 4.78 is 3.86. The zero-order chi connectivity index (χ0) is 23.6. The van der Waals surface area contributed by atoms with E-state index in [2.05, 4.69) is 77.5 Å². The number of nitrogens with one attached hydrogen (secondary N) is 3. The lowest BCUT2D eigenvalue weighted by molar-refractivity contribution is 0.491. The zero-order valence-corrected chi connectivity index (χ0v) is 20.1. The minimum Gasteiger partial charge on any atom is -0.360 e. The van der Waals surface area contributed by atoms with E-state index in [4.69, 9.17) is 4.98 Å². The van der Waals surface area contributed by atoms with Gasteiger partial charge in [-0.3, -0.25) is 14.0 Å². The van der Waals surface area contributed by atoms with Crippen LogP contribution in [0.4, 0.5) is 5.95 Å². The van der Waals surface area contributed by atoms with E-state index in [1.807, 2.05) is 12.4 Å². The number of hydrogen-bond donors (Lipinski definition) is 3. The average Bonchev–Trinajstić information content (AvgIpc) is 3.57. The maximum absolute atomic E-state index is 13.5. The zero-order valence-electron chi connectivity index (χ0n) is 20.1. The summed E-state index contributed by atoms with van der Waals surface area (Å²) in [6.45, 7) is 10.9. The van der Waals surface area contributed by atoms with E-state index >= 15 is 0 Å². The number of hydrogen-bond acceptors (Lipinski definition) is 5. The third kappa shape index (κ3) is 3.36. The predicted molar refractivity (Wildman–Crippen MR) is 135 cm³/mol. The quantitative estimate of drug-likeness (QED) is 0.429. The van der Waals surface area contributed by atoms with E-state index in [-0.39, 0.29) is 17.0 Å². The predicted octanol–water partition coefficient (Wildman–Crippen LogP) is 4.12. The molecule has 3 N–H and O–H groups in total. The van der Waals surface area contributed by atoms with E-state index in [0.717, 1.165) is 58.4 Å². The van der Waals surface area contributed by atoms with Crippen LogP contribution < -0.4 is 16.2 Å². The molecule has 176 valence electrons. The molecule has 0 bridgehead atoms. The number of benzene rings is 1. The van der Waals surface area contributed by atoms with Gasteiger partial charge in [0.05, 0.1) is 30.0 Å². The van der Waals surface area contributed by atoms with Gasteiger partial charge in [0.2, 0.25) is 5.95 Å². The first-order valence-corrected chi connectivity index (χ1v) is 12.1. The fourth-order valence-corrected chi connectivity index (χ4v) is 5.32. The third-order valence-electron chi connectivity index (χ3n) is 7.07.